The zero-order valence-electron chi connectivity index (χ0n) is 15.4. The second kappa shape index (κ2) is 7.15. The summed E-state index contributed by atoms with van der Waals surface area (Å²) >= 11 is 5.51. The lowest BCUT2D eigenvalue weighted by atomic mass is 9.80. The van der Waals surface area contributed by atoms with Gasteiger partial charge in [-0.3, -0.25) is 0 Å². The molecule has 5 nitrogen and oxygen atoms in total. The van der Waals surface area contributed by atoms with Crippen LogP contribution in [-0.4, -0.2) is 36.5 Å². The maximum Gasteiger partial charge on any atom is 0.171 e. The fourth-order valence-corrected chi connectivity index (χ4v) is 3.95. The molecule has 0 saturated carbocycles. The highest BCUT2D eigenvalue weighted by Crippen LogP contribution is 2.30. The number of ether oxygens (including phenoxy) is 2. The van der Waals surface area contributed by atoms with E-state index in [1.165, 1.54) is 0 Å². The molecule has 1 heterocycles. The minimum atomic E-state index is 0.0762. The van der Waals surface area contributed by atoms with Gasteiger partial charge in [-0.1, -0.05) is 0 Å². The quantitative estimate of drug-likeness (QED) is 0.724. The third-order valence-corrected chi connectivity index (χ3v) is 4.40. The highest BCUT2D eigenvalue weighted by Gasteiger charge is 2.37. The van der Waals surface area contributed by atoms with Crippen molar-refractivity contribution in [3.8, 4) is 11.5 Å². The van der Waals surface area contributed by atoms with E-state index in [4.69, 9.17) is 21.7 Å². The van der Waals surface area contributed by atoms with Crippen LogP contribution in [0.4, 0.5) is 5.69 Å². The van der Waals surface area contributed by atoms with E-state index in [1.807, 2.05) is 18.2 Å². The van der Waals surface area contributed by atoms with Gasteiger partial charge in [0.15, 0.2) is 5.11 Å². The first kappa shape index (κ1) is 18.8. The van der Waals surface area contributed by atoms with Gasteiger partial charge < -0.3 is 25.4 Å². The van der Waals surface area contributed by atoms with E-state index in [0.29, 0.717) is 16.9 Å². The van der Waals surface area contributed by atoms with Crippen molar-refractivity contribution in [3.63, 3.8) is 0 Å². The average molecular weight is 352 g/mol. The third kappa shape index (κ3) is 4.98. The Morgan fingerprint density at radius 2 is 1.75 bits per heavy atom. The van der Waals surface area contributed by atoms with Gasteiger partial charge in [0, 0.05) is 23.2 Å². The Bertz CT molecular complexity index is 586. The molecule has 0 amide bonds. The van der Waals surface area contributed by atoms with Crippen molar-refractivity contribution in [2.24, 2.45) is 0 Å². The summed E-state index contributed by atoms with van der Waals surface area (Å²) in [7, 11) is 3.27. The zero-order chi connectivity index (χ0) is 18.0. The Morgan fingerprint density at radius 3 is 2.29 bits per heavy atom. The summed E-state index contributed by atoms with van der Waals surface area (Å²) in [6.07, 6.45) is 2.02. The maximum atomic E-state index is 5.51. The van der Waals surface area contributed by atoms with Crippen LogP contribution in [0.1, 0.15) is 40.5 Å². The second-order valence-corrected chi connectivity index (χ2v) is 8.07. The molecular weight excluding hydrogens is 322 g/mol. The summed E-state index contributed by atoms with van der Waals surface area (Å²) in [6.45, 7) is 8.91. The molecule has 1 aliphatic heterocycles. The van der Waals surface area contributed by atoms with Gasteiger partial charge in [-0.2, -0.15) is 0 Å². The smallest absolute Gasteiger partial charge is 0.171 e. The average Bonchev–Trinajstić information content (AvgIpc) is 2.44. The van der Waals surface area contributed by atoms with Crippen LogP contribution in [0.15, 0.2) is 18.2 Å². The Labute approximate surface area is 150 Å². The minimum absolute atomic E-state index is 0.0762. The predicted octanol–water partition coefficient (Wildman–Crippen LogP) is 3.30. The first-order valence-electron chi connectivity index (χ1n) is 8.23. The molecule has 0 bridgehead atoms. The Morgan fingerprint density at radius 1 is 1.12 bits per heavy atom. The first-order chi connectivity index (χ1) is 11.1. The summed E-state index contributed by atoms with van der Waals surface area (Å²) in [5, 5.41) is 11.0. The van der Waals surface area contributed by atoms with Crippen molar-refractivity contribution >= 4 is 23.0 Å². The zero-order valence-corrected chi connectivity index (χ0v) is 16.3. The molecule has 1 aromatic rings. The summed E-state index contributed by atoms with van der Waals surface area (Å²) < 4.78 is 10.6. The van der Waals surface area contributed by atoms with Crippen molar-refractivity contribution in [1.82, 2.24) is 10.6 Å². The van der Waals surface area contributed by atoms with Crippen molar-refractivity contribution in [3.05, 3.63) is 18.2 Å². The van der Waals surface area contributed by atoms with Gasteiger partial charge in [-0.25, -0.2) is 0 Å². The molecule has 1 fully saturated rings. The Kier molecular flexibility index (Phi) is 5.60. The van der Waals surface area contributed by atoms with Crippen LogP contribution in [0.2, 0.25) is 0 Å². The lowest BCUT2D eigenvalue weighted by Gasteiger charge is -2.46. The monoisotopic (exact) mass is 351 g/mol. The molecule has 0 spiro atoms. The van der Waals surface area contributed by atoms with Gasteiger partial charge in [-0.05, 0) is 64.9 Å². The van der Waals surface area contributed by atoms with Crippen molar-refractivity contribution < 1.29 is 9.47 Å². The summed E-state index contributed by atoms with van der Waals surface area (Å²) in [5.41, 5.74) is 0.975. The van der Waals surface area contributed by atoms with E-state index >= 15 is 0 Å². The highest BCUT2D eigenvalue weighted by molar-refractivity contribution is 7.80. The normalized spacial score (nSPS) is 19.4. The number of rotatable bonds is 4. The van der Waals surface area contributed by atoms with Crippen LogP contribution in [0, 0.1) is 0 Å². The first-order valence-corrected chi connectivity index (χ1v) is 8.64. The van der Waals surface area contributed by atoms with E-state index in [-0.39, 0.29) is 11.1 Å². The molecule has 3 N–H and O–H groups in total. The number of nitrogens with one attached hydrogen (secondary N) is 3. The van der Waals surface area contributed by atoms with Crippen LogP contribution in [0.25, 0.3) is 0 Å². The fourth-order valence-electron chi connectivity index (χ4n) is 3.67. The molecule has 1 aromatic carbocycles. The van der Waals surface area contributed by atoms with Gasteiger partial charge in [0.25, 0.3) is 0 Å². The molecule has 24 heavy (non-hydrogen) atoms. The molecular formula is C18H29N3O2S. The Hall–Kier alpha value is -1.53. The van der Waals surface area contributed by atoms with Crippen molar-refractivity contribution in [2.45, 2.75) is 57.7 Å². The lowest BCUT2D eigenvalue weighted by molar-refractivity contribution is 0.156. The summed E-state index contributed by atoms with van der Waals surface area (Å²) in [4.78, 5) is 0. The number of methoxy groups -OCH3 is 2. The van der Waals surface area contributed by atoms with Crippen LogP contribution in [0.5, 0.6) is 11.5 Å². The van der Waals surface area contributed by atoms with E-state index in [0.717, 1.165) is 24.3 Å². The molecule has 1 saturated heterocycles. The van der Waals surface area contributed by atoms with Gasteiger partial charge in [0.2, 0.25) is 0 Å². The van der Waals surface area contributed by atoms with Crippen molar-refractivity contribution in [2.75, 3.05) is 19.5 Å². The third-order valence-electron chi connectivity index (χ3n) is 4.18. The molecule has 0 unspecified atom stereocenters. The largest absolute Gasteiger partial charge is 0.497 e. The van der Waals surface area contributed by atoms with Gasteiger partial charge >= 0.3 is 0 Å². The van der Waals surface area contributed by atoms with Crippen LogP contribution < -0.4 is 25.4 Å². The molecule has 0 aromatic heterocycles. The number of piperidine rings is 1. The van der Waals surface area contributed by atoms with Crippen LogP contribution in [-0.2, 0) is 0 Å². The molecule has 0 atom stereocenters. The van der Waals surface area contributed by atoms with E-state index in [9.17, 15) is 0 Å². The predicted molar refractivity (Wildman–Crippen MR) is 103 cm³/mol. The van der Waals surface area contributed by atoms with Crippen LogP contribution >= 0.6 is 12.2 Å². The molecule has 0 aliphatic carbocycles. The summed E-state index contributed by atoms with van der Waals surface area (Å²) in [5.74, 6) is 1.45. The Balaban J connectivity index is 2.03. The number of hydrogen-bond donors (Lipinski definition) is 3. The highest BCUT2D eigenvalue weighted by atomic mass is 32.1. The van der Waals surface area contributed by atoms with Gasteiger partial charge in [-0.15, -0.1) is 0 Å². The number of hydrogen-bond acceptors (Lipinski definition) is 4. The van der Waals surface area contributed by atoms with E-state index in [1.54, 1.807) is 14.2 Å². The lowest BCUT2D eigenvalue weighted by Crippen LogP contribution is -2.62. The van der Waals surface area contributed by atoms with Crippen molar-refractivity contribution in [1.29, 1.82) is 0 Å². The molecule has 1 aliphatic rings. The van der Waals surface area contributed by atoms with E-state index in [2.05, 4.69) is 43.6 Å². The van der Waals surface area contributed by atoms with Gasteiger partial charge in [0.1, 0.15) is 11.5 Å². The number of thiocarbonyl (C=S) groups is 1. The maximum absolute atomic E-state index is 5.51. The second-order valence-electron chi connectivity index (χ2n) is 7.66. The molecule has 6 heteroatoms. The molecule has 0 radical (unpaired) electrons. The van der Waals surface area contributed by atoms with Crippen LogP contribution in [0.3, 0.4) is 0 Å². The van der Waals surface area contributed by atoms with Gasteiger partial charge in [0.05, 0.1) is 19.9 Å². The SMILES string of the molecule is COc1ccc(NC(=S)NC2CC(C)(C)NC(C)(C)C2)c(OC)c1. The fraction of sp³-hybridized carbons (Fsp3) is 0.611. The standard InChI is InChI=1S/C18H29N3O2S/c1-17(2)10-12(11-18(3,4)21-17)19-16(24)20-14-8-7-13(22-5)9-15(14)23-6/h7-9,12,21H,10-11H2,1-6H3,(H2,19,20,24). The molecule has 134 valence electrons. The van der Waals surface area contributed by atoms with E-state index < -0.39 is 0 Å². The topological polar surface area (TPSA) is 54.5 Å². The number of benzene rings is 1. The number of anilines is 1. The minimum Gasteiger partial charge on any atom is -0.497 e. The summed E-state index contributed by atoms with van der Waals surface area (Å²) in [6, 6.07) is 5.94. The molecule has 2 rings (SSSR count).